The molecule has 1 amide bonds. The Morgan fingerprint density at radius 1 is 1.53 bits per heavy atom. The van der Waals surface area contributed by atoms with Crippen molar-refractivity contribution in [1.82, 2.24) is 0 Å². The second-order valence-corrected chi connectivity index (χ2v) is 5.14. The fourth-order valence-electron chi connectivity index (χ4n) is 2.05. The minimum absolute atomic E-state index is 0.371. The number of hydrogen-bond acceptors (Lipinski definition) is 2. The molecule has 0 aliphatic carbocycles. The second-order valence-electron chi connectivity index (χ2n) is 4.23. The highest BCUT2D eigenvalue weighted by molar-refractivity contribution is 9.10. The topological polar surface area (TPSA) is 38.3 Å². The molecule has 3 nitrogen and oxygen atoms in total. The first-order valence-electron chi connectivity index (χ1n) is 5.41. The molecule has 0 bridgehead atoms. The van der Waals surface area contributed by atoms with Gasteiger partial charge < -0.3 is 4.74 Å². The summed E-state index contributed by atoms with van der Waals surface area (Å²) < 4.78 is 18.5. The molecule has 1 atom stereocenters. The lowest BCUT2D eigenvalue weighted by atomic mass is 9.88. The second kappa shape index (κ2) is 4.64. The van der Waals surface area contributed by atoms with Crippen molar-refractivity contribution in [1.29, 1.82) is 0 Å². The van der Waals surface area contributed by atoms with E-state index in [0.29, 0.717) is 12.8 Å². The van der Waals surface area contributed by atoms with Crippen molar-refractivity contribution in [3.05, 3.63) is 28.2 Å². The first-order chi connectivity index (χ1) is 8.05. The Morgan fingerprint density at radius 3 is 3.00 bits per heavy atom. The van der Waals surface area contributed by atoms with Gasteiger partial charge in [0, 0.05) is 10.0 Å². The highest BCUT2D eigenvalue weighted by Crippen LogP contribution is 2.40. The zero-order chi connectivity index (χ0) is 12.5. The van der Waals surface area contributed by atoms with Crippen LogP contribution in [0, 0.1) is 0 Å². The molecule has 0 aromatic heterocycles. The van der Waals surface area contributed by atoms with Gasteiger partial charge in [0.1, 0.15) is 5.60 Å². The number of cyclic esters (lactones) is 1. The summed E-state index contributed by atoms with van der Waals surface area (Å²) in [5, 5.41) is 2.64. The fraction of sp³-hybridized carbons (Fsp3) is 0.417. The Hall–Kier alpha value is -1.10. The van der Waals surface area contributed by atoms with Gasteiger partial charge in [0.15, 0.2) is 0 Å². The molecule has 1 unspecified atom stereocenters. The van der Waals surface area contributed by atoms with Gasteiger partial charge in [0.05, 0.1) is 12.4 Å². The molecule has 2 rings (SSSR count). The maximum absolute atomic E-state index is 12.3. The van der Waals surface area contributed by atoms with Gasteiger partial charge >= 0.3 is 6.09 Å². The monoisotopic (exact) mass is 301 g/mol. The van der Waals surface area contributed by atoms with Crippen molar-refractivity contribution in [2.75, 3.05) is 12.0 Å². The lowest BCUT2D eigenvalue weighted by Gasteiger charge is -2.35. The summed E-state index contributed by atoms with van der Waals surface area (Å²) in [5.74, 6) is 0. The van der Waals surface area contributed by atoms with Crippen LogP contribution >= 0.6 is 15.9 Å². The van der Waals surface area contributed by atoms with E-state index in [4.69, 9.17) is 4.74 Å². The van der Waals surface area contributed by atoms with E-state index in [1.807, 2.05) is 25.1 Å². The average Bonchev–Trinajstić information content (AvgIpc) is 2.28. The van der Waals surface area contributed by atoms with Gasteiger partial charge in [-0.1, -0.05) is 15.9 Å². The number of nitrogens with one attached hydrogen (secondary N) is 1. The maximum Gasteiger partial charge on any atom is 0.412 e. The van der Waals surface area contributed by atoms with E-state index < -0.39 is 18.4 Å². The lowest BCUT2D eigenvalue weighted by molar-refractivity contribution is 0.0169. The summed E-state index contributed by atoms with van der Waals surface area (Å²) in [6.45, 7) is 1.40. The van der Waals surface area contributed by atoms with Crippen molar-refractivity contribution in [2.24, 2.45) is 0 Å². The Kier molecular flexibility index (Phi) is 3.38. The molecule has 92 valence electrons. The lowest BCUT2D eigenvalue weighted by Crippen LogP contribution is -2.37. The molecule has 1 heterocycles. The Bertz CT molecular complexity index is 452. The van der Waals surface area contributed by atoms with E-state index in [-0.39, 0.29) is 0 Å². The number of anilines is 1. The molecule has 1 aromatic rings. The number of hydrogen-bond donors (Lipinski definition) is 1. The van der Waals surface area contributed by atoms with E-state index in [0.717, 1.165) is 15.7 Å². The van der Waals surface area contributed by atoms with Crippen LogP contribution in [0.5, 0.6) is 0 Å². The molecule has 17 heavy (non-hydrogen) atoms. The molecule has 0 radical (unpaired) electrons. The number of halogens is 2. The molecule has 5 heteroatoms. The zero-order valence-corrected chi connectivity index (χ0v) is 11.0. The van der Waals surface area contributed by atoms with Crippen LogP contribution in [0.15, 0.2) is 22.7 Å². The van der Waals surface area contributed by atoms with Gasteiger partial charge in [-0.15, -0.1) is 0 Å². The smallest absolute Gasteiger partial charge is 0.412 e. The van der Waals surface area contributed by atoms with E-state index in [9.17, 15) is 9.18 Å². The van der Waals surface area contributed by atoms with E-state index in [2.05, 4.69) is 21.2 Å². The molecular weight excluding hydrogens is 289 g/mol. The van der Waals surface area contributed by atoms with Crippen LogP contribution in [0.4, 0.5) is 14.9 Å². The predicted octanol–water partition coefficient (Wildman–Crippen LogP) is 3.98. The predicted molar refractivity (Wildman–Crippen MR) is 66.8 cm³/mol. The van der Waals surface area contributed by atoms with Crippen molar-refractivity contribution >= 4 is 27.7 Å². The third-order valence-electron chi connectivity index (χ3n) is 2.89. The van der Waals surface area contributed by atoms with Crippen LogP contribution in [0.25, 0.3) is 0 Å². The quantitative estimate of drug-likeness (QED) is 0.917. The number of benzene rings is 1. The van der Waals surface area contributed by atoms with Crippen LogP contribution in [0.2, 0.25) is 0 Å². The normalized spacial score (nSPS) is 22.6. The van der Waals surface area contributed by atoms with Gasteiger partial charge in [-0.3, -0.25) is 9.71 Å². The van der Waals surface area contributed by atoms with Crippen molar-refractivity contribution in [3.8, 4) is 0 Å². The first kappa shape index (κ1) is 12.4. The number of amides is 1. The SMILES string of the molecule is CC1(CCCF)OC(=O)Nc2ccc(Br)cc21. The Balaban J connectivity index is 2.41. The van der Waals surface area contributed by atoms with Gasteiger partial charge in [-0.2, -0.15) is 0 Å². The molecular formula is C12H13BrFNO2. The molecule has 0 fully saturated rings. The highest BCUT2D eigenvalue weighted by Gasteiger charge is 2.37. The number of ether oxygens (including phenoxy) is 1. The van der Waals surface area contributed by atoms with E-state index in [1.165, 1.54) is 0 Å². The Morgan fingerprint density at radius 2 is 2.29 bits per heavy atom. The van der Waals surface area contributed by atoms with Crippen LogP contribution in [-0.4, -0.2) is 12.8 Å². The number of alkyl halides is 1. The molecule has 0 spiro atoms. The molecule has 0 saturated carbocycles. The van der Waals surface area contributed by atoms with E-state index >= 15 is 0 Å². The highest BCUT2D eigenvalue weighted by atomic mass is 79.9. The van der Waals surface area contributed by atoms with Crippen LogP contribution in [-0.2, 0) is 10.3 Å². The van der Waals surface area contributed by atoms with Crippen molar-refractivity contribution in [3.63, 3.8) is 0 Å². The Labute approximate surface area is 107 Å². The van der Waals surface area contributed by atoms with Gasteiger partial charge in [-0.25, -0.2) is 4.79 Å². The number of carbonyl (C=O) groups is 1. The molecule has 1 aliphatic rings. The summed E-state index contributed by atoms with van der Waals surface area (Å²) in [5.41, 5.74) is 0.846. The molecule has 1 aromatic carbocycles. The first-order valence-corrected chi connectivity index (χ1v) is 6.20. The van der Waals surface area contributed by atoms with Crippen LogP contribution in [0.3, 0.4) is 0 Å². The molecule has 0 saturated heterocycles. The zero-order valence-electron chi connectivity index (χ0n) is 9.43. The summed E-state index contributed by atoms with van der Waals surface area (Å²) in [6.07, 6.45) is 0.358. The fourth-order valence-corrected chi connectivity index (χ4v) is 2.41. The third-order valence-corrected chi connectivity index (χ3v) is 3.39. The minimum atomic E-state index is -0.756. The standard InChI is InChI=1S/C12H13BrFNO2/c1-12(5-2-6-14)9-7-8(13)3-4-10(9)15-11(16)17-12/h3-4,7H,2,5-6H2,1H3,(H,15,16). The summed E-state index contributed by atoms with van der Waals surface area (Å²) in [4.78, 5) is 11.5. The average molecular weight is 302 g/mol. The molecule has 1 N–H and O–H groups in total. The summed E-state index contributed by atoms with van der Waals surface area (Å²) in [6, 6.07) is 5.56. The van der Waals surface area contributed by atoms with Gasteiger partial charge in [0.2, 0.25) is 0 Å². The number of rotatable bonds is 3. The van der Waals surface area contributed by atoms with Crippen LogP contribution in [0.1, 0.15) is 25.3 Å². The van der Waals surface area contributed by atoms with Gasteiger partial charge in [0.25, 0.3) is 0 Å². The maximum atomic E-state index is 12.3. The molecule has 1 aliphatic heterocycles. The van der Waals surface area contributed by atoms with Gasteiger partial charge in [-0.05, 0) is 38.0 Å². The van der Waals surface area contributed by atoms with Crippen LogP contribution < -0.4 is 5.32 Å². The third kappa shape index (κ3) is 2.44. The number of fused-ring (bicyclic) bond motifs is 1. The number of carbonyl (C=O) groups excluding carboxylic acids is 1. The van der Waals surface area contributed by atoms with Crippen molar-refractivity contribution < 1.29 is 13.9 Å². The minimum Gasteiger partial charge on any atom is -0.438 e. The van der Waals surface area contributed by atoms with E-state index in [1.54, 1.807) is 0 Å². The summed E-state index contributed by atoms with van der Waals surface area (Å²) in [7, 11) is 0. The largest absolute Gasteiger partial charge is 0.438 e. The van der Waals surface area contributed by atoms with Crippen molar-refractivity contribution in [2.45, 2.75) is 25.4 Å². The summed E-state index contributed by atoms with van der Waals surface area (Å²) >= 11 is 3.38.